The standard InChI is InChI=1S/C28H22N8O5/c1-3-34(10-11-35-27(38)22-6-4-5-7-23(22)28(35)39)20-8-9-24(25(14-20)31-17(2)37)32-33-26-18(15-29)12-21(36(40)41)13-19(26)16-30/h4-9,12-14H,3,10-11H2,1-2H3,(H,31,37)/b33-32+. The first-order valence-corrected chi connectivity index (χ1v) is 12.3. The number of nitrogens with one attached hydrogen (secondary N) is 1. The van der Waals surface area contributed by atoms with Crippen molar-refractivity contribution in [3.8, 4) is 12.1 Å². The van der Waals surface area contributed by atoms with Crippen molar-refractivity contribution >= 4 is 46.2 Å². The second kappa shape index (κ2) is 11.8. The summed E-state index contributed by atoms with van der Waals surface area (Å²) in [5.74, 6) is -1.09. The van der Waals surface area contributed by atoms with Crippen LogP contribution in [0.4, 0.5) is 28.4 Å². The van der Waals surface area contributed by atoms with Crippen LogP contribution in [0.25, 0.3) is 0 Å². The van der Waals surface area contributed by atoms with Gasteiger partial charge in [0, 0.05) is 44.4 Å². The van der Waals surface area contributed by atoms with Crippen molar-refractivity contribution in [2.45, 2.75) is 13.8 Å². The van der Waals surface area contributed by atoms with Crippen molar-refractivity contribution in [3.63, 3.8) is 0 Å². The summed E-state index contributed by atoms with van der Waals surface area (Å²) in [6.45, 7) is 4.19. The molecule has 0 atom stereocenters. The van der Waals surface area contributed by atoms with Crippen LogP contribution in [0.2, 0.25) is 0 Å². The van der Waals surface area contributed by atoms with Gasteiger partial charge in [-0.15, -0.1) is 10.2 Å². The maximum absolute atomic E-state index is 12.7. The molecule has 0 aliphatic carbocycles. The number of hydrogen-bond acceptors (Lipinski definition) is 10. The number of likely N-dealkylation sites (N-methyl/N-ethyl adjacent to an activating group) is 1. The van der Waals surface area contributed by atoms with Crippen LogP contribution in [0.5, 0.6) is 0 Å². The van der Waals surface area contributed by atoms with Crippen molar-refractivity contribution in [2.24, 2.45) is 10.2 Å². The fraction of sp³-hybridized carbons (Fsp3) is 0.179. The number of fused-ring (bicyclic) bond motifs is 1. The van der Waals surface area contributed by atoms with Gasteiger partial charge in [-0.3, -0.25) is 29.4 Å². The Kier molecular flexibility index (Phi) is 8.10. The SMILES string of the molecule is CCN(CCN1C(=O)c2ccccc2C1=O)c1ccc(/N=N/c2c(C#N)cc([N+](=O)[O-])cc2C#N)c(NC(C)=O)c1. The van der Waals surface area contributed by atoms with Crippen molar-refractivity contribution in [3.05, 3.63) is 87.0 Å². The molecule has 3 amide bonds. The second-order valence-electron chi connectivity index (χ2n) is 8.84. The number of azo groups is 1. The van der Waals surface area contributed by atoms with E-state index in [0.717, 1.165) is 12.1 Å². The minimum Gasteiger partial charge on any atom is -0.370 e. The highest BCUT2D eigenvalue weighted by Gasteiger charge is 2.35. The summed E-state index contributed by atoms with van der Waals surface area (Å²) in [5.41, 5.74) is 0.896. The zero-order valence-corrected chi connectivity index (χ0v) is 22.0. The number of nitro benzene ring substituents is 1. The number of hydrogen-bond donors (Lipinski definition) is 1. The zero-order valence-electron chi connectivity index (χ0n) is 22.0. The molecular formula is C28H22N8O5. The number of rotatable bonds is 9. The first-order chi connectivity index (χ1) is 19.7. The Morgan fingerprint density at radius 1 is 1.02 bits per heavy atom. The van der Waals surface area contributed by atoms with Crippen molar-refractivity contribution < 1.29 is 19.3 Å². The lowest BCUT2D eigenvalue weighted by Crippen LogP contribution is -2.38. The summed E-state index contributed by atoms with van der Waals surface area (Å²) in [6.07, 6.45) is 0. The van der Waals surface area contributed by atoms with Gasteiger partial charge in [0.05, 0.1) is 32.9 Å². The van der Waals surface area contributed by atoms with E-state index in [0.29, 0.717) is 29.9 Å². The summed E-state index contributed by atoms with van der Waals surface area (Å²) in [6, 6.07) is 17.2. The highest BCUT2D eigenvalue weighted by molar-refractivity contribution is 6.21. The summed E-state index contributed by atoms with van der Waals surface area (Å²) in [7, 11) is 0. The number of non-ortho nitro benzene ring substituents is 1. The minimum atomic E-state index is -0.718. The van der Waals surface area contributed by atoms with Gasteiger partial charge >= 0.3 is 0 Å². The number of nitro groups is 1. The second-order valence-corrected chi connectivity index (χ2v) is 8.84. The third-order valence-corrected chi connectivity index (χ3v) is 6.31. The van der Waals surface area contributed by atoms with Crippen LogP contribution in [0.15, 0.2) is 64.8 Å². The Labute approximate surface area is 234 Å². The Bertz CT molecular complexity index is 1630. The molecule has 41 heavy (non-hydrogen) atoms. The molecule has 0 aromatic heterocycles. The fourth-order valence-corrected chi connectivity index (χ4v) is 4.34. The number of anilines is 2. The van der Waals surface area contributed by atoms with Gasteiger partial charge in [-0.1, -0.05) is 12.1 Å². The number of imide groups is 1. The molecular weight excluding hydrogens is 528 g/mol. The number of carbonyl (C=O) groups excluding carboxylic acids is 3. The van der Waals surface area contributed by atoms with Gasteiger partial charge in [0.2, 0.25) is 5.91 Å². The third kappa shape index (κ3) is 5.74. The molecule has 1 N–H and O–H groups in total. The smallest absolute Gasteiger partial charge is 0.272 e. The number of nitriles is 2. The van der Waals surface area contributed by atoms with E-state index in [1.54, 1.807) is 54.6 Å². The van der Waals surface area contributed by atoms with Gasteiger partial charge in [-0.25, -0.2) is 0 Å². The molecule has 3 aromatic carbocycles. The van der Waals surface area contributed by atoms with Crippen LogP contribution >= 0.6 is 0 Å². The predicted octanol–water partition coefficient (Wildman–Crippen LogP) is 4.83. The highest BCUT2D eigenvalue weighted by Crippen LogP contribution is 2.34. The van der Waals surface area contributed by atoms with Crippen LogP contribution in [0.3, 0.4) is 0 Å². The maximum Gasteiger partial charge on any atom is 0.272 e. The van der Waals surface area contributed by atoms with Gasteiger partial charge in [0.1, 0.15) is 23.5 Å². The number of amides is 3. The Morgan fingerprint density at radius 2 is 1.63 bits per heavy atom. The average Bonchev–Trinajstić information content (AvgIpc) is 3.21. The molecule has 0 radical (unpaired) electrons. The van der Waals surface area contributed by atoms with E-state index in [-0.39, 0.29) is 46.5 Å². The van der Waals surface area contributed by atoms with E-state index in [2.05, 4.69) is 15.5 Å². The Morgan fingerprint density at radius 3 is 2.15 bits per heavy atom. The lowest BCUT2D eigenvalue weighted by molar-refractivity contribution is -0.384. The van der Waals surface area contributed by atoms with Gasteiger partial charge in [-0.05, 0) is 37.3 Å². The first kappa shape index (κ1) is 28.1. The van der Waals surface area contributed by atoms with Crippen LogP contribution in [0.1, 0.15) is 45.7 Å². The van der Waals surface area contributed by atoms with Gasteiger partial charge in [0.15, 0.2) is 0 Å². The molecule has 204 valence electrons. The monoisotopic (exact) mass is 550 g/mol. The summed E-state index contributed by atoms with van der Waals surface area (Å²) >= 11 is 0. The largest absolute Gasteiger partial charge is 0.370 e. The predicted molar refractivity (Wildman–Crippen MR) is 147 cm³/mol. The van der Waals surface area contributed by atoms with Crippen LogP contribution in [-0.4, -0.2) is 47.2 Å². The van der Waals surface area contributed by atoms with Crippen molar-refractivity contribution in [1.29, 1.82) is 10.5 Å². The summed E-state index contributed by atoms with van der Waals surface area (Å²) in [4.78, 5) is 51.0. The van der Waals surface area contributed by atoms with Crippen LogP contribution < -0.4 is 10.2 Å². The molecule has 13 nitrogen and oxygen atoms in total. The molecule has 0 bridgehead atoms. The minimum absolute atomic E-state index is 0.144. The zero-order chi connectivity index (χ0) is 29.7. The molecule has 0 fully saturated rings. The van der Waals surface area contributed by atoms with Gasteiger partial charge in [0.25, 0.3) is 17.5 Å². The molecule has 1 heterocycles. The lowest BCUT2D eigenvalue weighted by atomic mass is 10.1. The van der Waals surface area contributed by atoms with Crippen LogP contribution in [-0.2, 0) is 4.79 Å². The molecule has 1 aliphatic rings. The summed E-state index contributed by atoms with van der Waals surface area (Å²) < 4.78 is 0. The van der Waals surface area contributed by atoms with E-state index >= 15 is 0 Å². The molecule has 0 unspecified atom stereocenters. The maximum atomic E-state index is 12.7. The Balaban J connectivity index is 1.61. The first-order valence-electron chi connectivity index (χ1n) is 12.3. The van der Waals surface area contributed by atoms with Crippen LogP contribution in [0, 0.1) is 32.8 Å². The topological polar surface area (TPSA) is 185 Å². The molecule has 0 saturated carbocycles. The van der Waals surface area contributed by atoms with E-state index in [1.165, 1.54) is 11.8 Å². The van der Waals surface area contributed by atoms with E-state index in [1.807, 2.05) is 11.8 Å². The summed E-state index contributed by atoms with van der Waals surface area (Å²) in [5, 5.41) is 40.9. The van der Waals surface area contributed by atoms with E-state index < -0.39 is 16.5 Å². The normalized spacial score (nSPS) is 12.1. The third-order valence-electron chi connectivity index (χ3n) is 6.31. The number of nitrogens with zero attached hydrogens (tertiary/aromatic N) is 7. The quantitative estimate of drug-likeness (QED) is 0.170. The van der Waals surface area contributed by atoms with Gasteiger partial charge < -0.3 is 10.2 Å². The molecule has 0 spiro atoms. The highest BCUT2D eigenvalue weighted by atomic mass is 16.6. The molecule has 0 saturated heterocycles. The van der Waals surface area contributed by atoms with E-state index in [9.17, 15) is 35.0 Å². The van der Waals surface area contributed by atoms with E-state index in [4.69, 9.17) is 0 Å². The number of benzene rings is 3. The van der Waals surface area contributed by atoms with Crippen molar-refractivity contribution in [1.82, 2.24) is 4.90 Å². The molecule has 1 aliphatic heterocycles. The number of carbonyl (C=O) groups is 3. The molecule has 3 aromatic rings. The molecule has 13 heteroatoms. The molecule has 4 rings (SSSR count). The van der Waals surface area contributed by atoms with Crippen molar-refractivity contribution in [2.75, 3.05) is 29.9 Å². The lowest BCUT2D eigenvalue weighted by Gasteiger charge is -2.26. The van der Waals surface area contributed by atoms with Gasteiger partial charge in [-0.2, -0.15) is 10.5 Å². The fourth-order valence-electron chi connectivity index (χ4n) is 4.34. The Hall–Kier alpha value is -5.95. The average molecular weight is 551 g/mol.